The first-order chi connectivity index (χ1) is 7.22. The molecule has 1 aromatic heterocycles. The van der Waals surface area contributed by atoms with E-state index in [1.54, 1.807) is 0 Å². The Labute approximate surface area is 91.3 Å². The Hall–Kier alpha value is -1.16. The third kappa shape index (κ3) is 4.74. The Morgan fingerprint density at radius 3 is 2.80 bits per heavy atom. The molecule has 1 aromatic rings. The predicted molar refractivity (Wildman–Crippen MR) is 62.7 cm³/mol. The third-order valence-electron chi connectivity index (χ3n) is 2.38. The molecule has 1 rings (SSSR count). The van der Waals surface area contributed by atoms with Crippen molar-refractivity contribution in [2.75, 3.05) is 18.4 Å². The van der Waals surface area contributed by atoms with Gasteiger partial charge in [-0.2, -0.15) is 5.10 Å². The molecule has 3 N–H and O–H groups in total. The molecule has 1 unspecified atom stereocenters. The SMILES string of the molecule is Cc1ccc(NCCCC(C)CN)nn1. The van der Waals surface area contributed by atoms with Crippen molar-refractivity contribution in [2.24, 2.45) is 11.7 Å². The van der Waals surface area contributed by atoms with Gasteiger partial charge in [0.1, 0.15) is 5.82 Å². The van der Waals surface area contributed by atoms with Crippen LogP contribution in [0.5, 0.6) is 0 Å². The molecule has 0 aliphatic heterocycles. The molecule has 0 radical (unpaired) electrons. The van der Waals surface area contributed by atoms with E-state index in [2.05, 4.69) is 22.4 Å². The molecule has 1 heterocycles. The fraction of sp³-hybridized carbons (Fsp3) is 0.636. The number of nitrogens with two attached hydrogens (primary N) is 1. The highest BCUT2D eigenvalue weighted by molar-refractivity contribution is 5.32. The molecule has 0 bridgehead atoms. The van der Waals surface area contributed by atoms with Crippen LogP contribution in [-0.2, 0) is 0 Å². The summed E-state index contributed by atoms with van der Waals surface area (Å²) < 4.78 is 0. The van der Waals surface area contributed by atoms with Crippen LogP contribution in [0.25, 0.3) is 0 Å². The predicted octanol–water partition coefficient (Wildman–Crippen LogP) is 1.57. The summed E-state index contributed by atoms with van der Waals surface area (Å²) in [4.78, 5) is 0. The van der Waals surface area contributed by atoms with Crippen molar-refractivity contribution in [1.29, 1.82) is 0 Å². The third-order valence-corrected chi connectivity index (χ3v) is 2.38. The maximum Gasteiger partial charge on any atom is 0.148 e. The van der Waals surface area contributed by atoms with Crippen LogP contribution in [0.1, 0.15) is 25.5 Å². The summed E-state index contributed by atoms with van der Waals surface area (Å²) in [7, 11) is 0. The monoisotopic (exact) mass is 208 g/mol. The molecule has 0 amide bonds. The molecular formula is C11H20N4. The molecule has 0 saturated carbocycles. The zero-order valence-corrected chi connectivity index (χ0v) is 9.53. The maximum absolute atomic E-state index is 5.54. The zero-order chi connectivity index (χ0) is 11.1. The molecule has 0 aliphatic carbocycles. The fourth-order valence-electron chi connectivity index (χ4n) is 1.28. The van der Waals surface area contributed by atoms with Crippen molar-refractivity contribution < 1.29 is 0 Å². The lowest BCUT2D eigenvalue weighted by Gasteiger charge is -2.08. The lowest BCUT2D eigenvalue weighted by atomic mass is 10.1. The van der Waals surface area contributed by atoms with Crippen molar-refractivity contribution in [3.63, 3.8) is 0 Å². The Bertz CT molecular complexity index is 270. The van der Waals surface area contributed by atoms with Crippen LogP contribution in [0.2, 0.25) is 0 Å². The molecule has 1 atom stereocenters. The summed E-state index contributed by atoms with van der Waals surface area (Å²) >= 11 is 0. The van der Waals surface area contributed by atoms with Crippen molar-refractivity contribution in [3.05, 3.63) is 17.8 Å². The van der Waals surface area contributed by atoms with E-state index < -0.39 is 0 Å². The highest BCUT2D eigenvalue weighted by Gasteiger charge is 1.98. The minimum absolute atomic E-state index is 0.607. The molecule has 0 fully saturated rings. The van der Waals surface area contributed by atoms with Gasteiger partial charge >= 0.3 is 0 Å². The second-order valence-corrected chi connectivity index (χ2v) is 3.97. The summed E-state index contributed by atoms with van der Waals surface area (Å²) in [6.45, 7) is 5.80. The van der Waals surface area contributed by atoms with Gasteiger partial charge in [0.25, 0.3) is 0 Å². The van der Waals surface area contributed by atoms with Crippen molar-refractivity contribution >= 4 is 5.82 Å². The van der Waals surface area contributed by atoms with Crippen LogP contribution in [0.4, 0.5) is 5.82 Å². The number of aromatic nitrogens is 2. The van der Waals surface area contributed by atoms with Gasteiger partial charge in [0.05, 0.1) is 5.69 Å². The van der Waals surface area contributed by atoms with E-state index in [-0.39, 0.29) is 0 Å². The zero-order valence-electron chi connectivity index (χ0n) is 9.53. The van der Waals surface area contributed by atoms with Crippen molar-refractivity contribution in [3.8, 4) is 0 Å². The number of anilines is 1. The standard InChI is InChI=1S/C11H20N4/c1-9(8-12)4-3-7-13-11-6-5-10(2)14-15-11/h5-6,9H,3-4,7-8,12H2,1-2H3,(H,13,15). The highest BCUT2D eigenvalue weighted by atomic mass is 15.2. The topological polar surface area (TPSA) is 63.8 Å². The average molecular weight is 208 g/mol. The number of nitrogens with one attached hydrogen (secondary N) is 1. The van der Waals surface area contributed by atoms with Crippen LogP contribution in [0.3, 0.4) is 0 Å². The van der Waals surface area contributed by atoms with E-state index in [4.69, 9.17) is 5.73 Å². The number of hydrogen-bond acceptors (Lipinski definition) is 4. The van der Waals surface area contributed by atoms with E-state index in [1.165, 1.54) is 0 Å². The quantitative estimate of drug-likeness (QED) is 0.697. The second-order valence-electron chi connectivity index (χ2n) is 3.97. The van der Waals surface area contributed by atoms with Crippen molar-refractivity contribution in [2.45, 2.75) is 26.7 Å². The van der Waals surface area contributed by atoms with Crippen LogP contribution < -0.4 is 11.1 Å². The molecular weight excluding hydrogens is 188 g/mol. The average Bonchev–Trinajstić information content (AvgIpc) is 2.26. The molecule has 4 heteroatoms. The lowest BCUT2D eigenvalue weighted by Crippen LogP contribution is -2.12. The number of aryl methyl sites for hydroxylation is 1. The highest BCUT2D eigenvalue weighted by Crippen LogP contribution is 2.05. The smallest absolute Gasteiger partial charge is 0.148 e. The van der Waals surface area contributed by atoms with Crippen LogP contribution >= 0.6 is 0 Å². The summed E-state index contributed by atoms with van der Waals surface area (Å²) in [5, 5.41) is 11.2. The second kappa shape index (κ2) is 6.35. The van der Waals surface area contributed by atoms with E-state index in [0.29, 0.717) is 5.92 Å². The molecule has 84 valence electrons. The maximum atomic E-state index is 5.54. The van der Waals surface area contributed by atoms with E-state index in [0.717, 1.165) is 37.4 Å². The van der Waals surface area contributed by atoms with Crippen LogP contribution in [-0.4, -0.2) is 23.3 Å². The Morgan fingerprint density at radius 2 is 2.20 bits per heavy atom. The Balaban J connectivity index is 2.17. The molecule has 15 heavy (non-hydrogen) atoms. The minimum Gasteiger partial charge on any atom is -0.369 e. The first-order valence-corrected chi connectivity index (χ1v) is 5.46. The van der Waals surface area contributed by atoms with Gasteiger partial charge in [-0.25, -0.2) is 0 Å². The number of rotatable bonds is 6. The van der Waals surface area contributed by atoms with Gasteiger partial charge in [0.15, 0.2) is 0 Å². The summed E-state index contributed by atoms with van der Waals surface area (Å²) in [6.07, 6.45) is 2.27. The van der Waals surface area contributed by atoms with Gasteiger partial charge in [-0.3, -0.25) is 0 Å². The largest absolute Gasteiger partial charge is 0.369 e. The fourth-order valence-corrected chi connectivity index (χ4v) is 1.28. The molecule has 4 nitrogen and oxygen atoms in total. The first kappa shape index (κ1) is 11.9. The Kier molecular flexibility index (Phi) is 5.04. The molecule has 0 saturated heterocycles. The van der Waals surface area contributed by atoms with Crippen LogP contribution in [0.15, 0.2) is 12.1 Å². The van der Waals surface area contributed by atoms with E-state index in [1.807, 2.05) is 19.1 Å². The lowest BCUT2D eigenvalue weighted by molar-refractivity contribution is 0.529. The minimum atomic E-state index is 0.607. The van der Waals surface area contributed by atoms with Gasteiger partial charge in [0, 0.05) is 6.54 Å². The summed E-state index contributed by atoms with van der Waals surface area (Å²) in [6, 6.07) is 3.91. The van der Waals surface area contributed by atoms with E-state index >= 15 is 0 Å². The summed E-state index contributed by atoms with van der Waals surface area (Å²) in [5.41, 5.74) is 6.48. The van der Waals surface area contributed by atoms with Gasteiger partial charge < -0.3 is 11.1 Å². The van der Waals surface area contributed by atoms with Gasteiger partial charge in [-0.05, 0) is 44.4 Å². The molecule has 0 aromatic carbocycles. The van der Waals surface area contributed by atoms with Gasteiger partial charge in [-0.1, -0.05) is 6.92 Å². The normalized spacial score (nSPS) is 12.5. The molecule has 0 spiro atoms. The van der Waals surface area contributed by atoms with Crippen molar-refractivity contribution in [1.82, 2.24) is 10.2 Å². The first-order valence-electron chi connectivity index (χ1n) is 5.46. The Morgan fingerprint density at radius 1 is 1.40 bits per heavy atom. The number of hydrogen-bond donors (Lipinski definition) is 2. The van der Waals surface area contributed by atoms with E-state index in [9.17, 15) is 0 Å². The number of nitrogens with zero attached hydrogens (tertiary/aromatic N) is 2. The molecule has 0 aliphatic rings. The van der Waals surface area contributed by atoms with Crippen LogP contribution in [0, 0.1) is 12.8 Å². The summed E-state index contributed by atoms with van der Waals surface area (Å²) in [5.74, 6) is 1.46. The van der Waals surface area contributed by atoms with Gasteiger partial charge in [0.2, 0.25) is 0 Å². The van der Waals surface area contributed by atoms with Gasteiger partial charge in [-0.15, -0.1) is 5.10 Å².